The van der Waals surface area contributed by atoms with Gasteiger partial charge < -0.3 is 19.9 Å². The zero-order valence-electron chi connectivity index (χ0n) is 9.80. The van der Waals surface area contributed by atoms with Crippen molar-refractivity contribution >= 4 is 11.9 Å². The van der Waals surface area contributed by atoms with Crippen molar-refractivity contribution in [2.75, 3.05) is 13.3 Å². The van der Waals surface area contributed by atoms with E-state index in [4.69, 9.17) is 14.6 Å². The van der Waals surface area contributed by atoms with Crippen molar-refractivity contribution in [3.63, 3.8) is 0 Å². The molecule has 0 radical (unpaired) electrons. The van der Waals surface area contributed by atoms with Gasteiger partial charge in [-0.15, -0.1) is 0 Å². The summed E-state index contributed by atoms with van der Waals surface area (Å²) < 4.78 is 10.3. The summed E-state index contributed by atoms with van der Waals surface area (Å²) >= 11 is 0. The topological polar surface area (TPSA) is 84.9 Å². The molecule has 6 heteroatoms. The Morgan fingerprint density at radius 3 is 2.83 bits per heavy atom. The van der Waals surface area contributed by atoms with Gasteiger partial charge >= 0.3 is 5.97 Å². The second-order valence-corrected chi connectivity index (χ2v) is 4.02. The molecule has 1 aliphatic heterocycles. The van der Waals surface area contributed by atoms with E-state index in [2.05, 4.69) is 5.32 Å². The molecule has 0 unspecified atom stereocenters. The zero-order valence-corrected chi connectivity index (χ0v) is 9.80. The number of carbonyl (C=O) groups excluding carboxylic acids is 1. The maximum Gasteiger partial charge on any atom is 0.308 e. The highest BCUT2D eigenvalue weighted by Gasteiger charge is 2.17. The van der Waals surface area contributed by atoms with Crippen LogP contribution < -0.4 is 14.8 Å². The SMILES string of the molecule is C[C@H](CNC(=O)c1ccc2c(c1)OCO2)C(=O)O. The molecule has 96 valence electrons. The van der Waals surface area contributed by atoms with Crippen molar-refractivity contribution in [2.45, 2.75) is 6.92 Å². The molecule has 0 saturated heterocycles. The molecule has 1 heterocycles. The Morgan fingerprint density at radius 2 is 2.11 bits per heavy atom. The molecule has 0 aromatic heterocycles. The van der Waals surface area contributed by atoms with Crippen LogP contribution in [0.1, 0.15) is 17.3 Å². The van der Waals surface area contributed by atoms with Gasteiger partial charge in [-0.2, -0.15) is 0 Å². The average molecular weight is 251 g/mol. The Balaban J connectivity index is 1.99. The fourth-order valence-electron chi connectivity index (χ4n) is 1.47. The first kappa shape index (κ1) is 12.2. The standard InChI is InChI=1S/C12H13NO5/c1-7(12(15)16)5-13-11(14)8-2-3-9-10(4-8)18-6-17-9/h2-4,7H,5-6H2,1H3,(H,13,14)(H,15,16)/t7-/m1/s1. The predicted octanol–water partition coefficient (Wildman–Crippen LogP) is 0.866. The number of carboxylic acid groups (broad SMARTS) is 1. The van der Waals surface area contributed by atoms with Crippen LogP contribution in [0.25, 0.3) is 0 Å². The van der Waals surface area contributed by atoms with Gasteiger partial charge in [0.2, 0.25) is 6.79 Å². The summed E-state index contributed by atoms with van der Waals surface area (Å²) in [6, 6.07) is 4.83. The Kier molecular flexibility index (Phi) is 3.36. The summed E-state index contributed by atoms with van der Waals surface area (Å²) in [5, 5.41) is 11.3. The number of rotatable bonds is 4. The van der Waals surface area contributed by atoms with Crippen LogP contribution in [-0.2, 0) is 4.79 Å². The first-order valence-corrected chi connectivity index (χ1v) is 5.48. The maximum atomic E-state index is 11.8. The molecule has 6 nitrogen and oxygen atoms in total. The number of ether oxygens (including phenoxy) is 2. The third-order valence-electron chi connectivity index (χ3n) is 2.63. The molecular formula is C12H13NO5. The smallest absolute Gasteiger partial charge is 0.308 e. The second-order valence-electron chi connectivity index (χ2n) is 4.02. The van der Waals surface area contributed by atoms with E-state index in [1.165, 1.54) is 6.92 Å². The lowest BCUT2D eigenvalue weighted by atomic mass is 10.1. The Morgan fingerprint density at radius 1 is 1.39 bits per heavy atom. The van der Waals surface area contributed by atoms with Gasteiger partial charge in [-0.1, -0.05) is 6.92 Å². The molecule has 0 spiro atoms. The van der Waals surface area contributed by atoms with Gasteiger partial charge in [0, 0.05) is 12.1 Å². The largest absolute Gasteiger partial charge is 0.481 e. The van der Waals surface area contributed by atoms with Crippen LogP contribution in [-0.4, -0.2) is 30.3 Å². The zero-order chi connectivity index (χ0) is 13.1. The van der Waals surface area contributed by atoms with Gasteiger partial charge in [0.25, 0.3) is 5.91 Å². The summed E-state index contributed by atoms with van der Waals surface area (Å²) in [5.74, 6) is -0.773. The molecule has 1 aromatic carbocycles. The van der Waals surface area contributed by atoms with Crippen molar-refractivity contribution in [3.05, 3.63) is 23.8 Å². The number of nitrogens with one attached hydrogen (secondary N) is 1. The predicted molar refractivity (Wildman–Crippen MR) is 61.7 cm³/mol. The van der Waals surface area contributed by atoms with Gasteiger partial charge in [0.05, 0.1) is 5.92 Å². The Labute approximate surface area is 104 Å². The van der Waals surface area contributed by atoms with Gasteiger partial charge in [-0.05, 0) is 18.2 Å². The number of carbonyl (C=O) groups is 2. The summed E-state index contributed by atoms with van der Waals surface area (Å²) in [4.78, 5) is 22.4. The Bertz CT molecular complexity index is 485. The molecule has 1 aliphatic rings. The van der Waals surface area contributed by atoms with E-state index in [-0.39, 0.29) is 19.2 Å². The molecule has 1 aromatic rings. The highest BCUT2D eigenvalue weighted by Crippen LogP contribution is 2.32. The van der Waals surface area contributed by atoms with Crippen LogP contribution in [0, 0.1) is 5.92 Å². The molecule has 2 N–H and O–H groups in total. The fraction of sp³-hybridized carbons (Fsp3) is 0.333. The monoisotopic (exact) mass is 251 g/mol. The second kappa shape index (κ2) is 4.95. The van der Waals surface area contributed by atoms with E-state index in [1.54, 1.807) is 18.2 Å². The molecule has 1 atom stereocenters. The van der Waals surface area contributed by atoms with Gasteiger partial charge in [-0.25, -0.2) is 0 Å². The van der Waals surface area contributed by atoms with Gasteiger partial charge in [-0.3, -0.25) is 9.59 Å². The first-order chi connectivity index (χ1) is 8.58. The number of aliphatic carboxylic acids is 1. The molecule has 0 fully saturated rings. The lowest BCUT2D eigenvalue weighted by Gasteiger charge is -2.08. The van der Waals surface area contributed by atoms with Crippen LogP contribution in [0.2, 0.25) is 0 Å². The highest BCUT2D eigenvalue weighted by molar-refractivity contribution is 5.95. The fourth-order valence-corrected chi connectivity index (χ4v) is 1.47. The number of hydrogen-bond donors (Lipinski definition) is 2. The summed E-state index contributed by atoms with van der Waals surface area (Å²) in [6.07, 6.45) is 0. The maximum absolute atomic E-state index is 11.8. The molecule has 2 rings (SSSR count). The molecule has 0 bridgehead atoms. The third-order valence-corrected chi connectivity index (χ3v) is 2.63. The van der Waals surface area contributed by atoms with Crippen LogP contribution in [0.15, 0.2) is 18.2 Å². The normalized spacial score (nSPS) is 14.1. The van der Waals surface area contributed by atoms with E-state index >= 15 is 0 Å². The van der Waals surface area contributed by atoms with E-state index in [0.717, 1.165) is 0 Å². The van der Waals surface area contributed by atoms with Gasteiger partial charge in [0.15, 0.2) is 11.5 Å². The van der Waals surface area contributed by atoms with Crippen molar-refractivity contribution in [2.24, 2.45) is 5.92 Å². The van der Waals surface area contributed by atoms with Crippen molar-refractivity contribution in [1.29, 1.82) is 0 Å². The summed E-state index contributed by atoms with van der Waals surface area (Å²) in [7, 11) is 0. The van der Waals surface area contributed by atoms with Crippen LogP contribution in [0.4, 0.5) is 0 Å². The van der Waals surface area contributed by atoms with Crippen LogP contribution in [0.3, 0.4) is 0 Å². The van der Waals surface area contributed by atoms with Gasteiger partial charge in [0.1, 0.15) is 0 Å². The quantitative estimate of drug-likeness (QED) is 0.829. The minimum Gasteiger partial charge on any atom is -0.481 e. The van der Waals surface area contributed by atoms with Crippen molar-refractivity contribution < 1.29 is 24.2 Å². The minimum absolute atomic E-state index is 0.0859. The number of benzene rings is 1. The van der Waals surface area contributed by atoms with Crippen molar-refractivity contribution in [1.82, 2.24) is 5.32 Å². The molecule has 1 amide bonds. The first-order valence-electron chi connectivity index (χ1n) is 5.48. The lowest BCUT2D eigenvalue weighted by molar-refractivity contribution is -0.140. The lowest BCUT2D eigenvalue weighted by Crippen LogP contribution is -2.31. The number of carboxylic acids is 1. The summed E-state index contributed by atoms with van der Waals surface area (Å²) in [5.41, 5.74) is 0.414. The van der Waals surface area contributed by atoms with E-state index in [1.807, 2.05) is 0 Å². The van der Waals surface area contributed by atoms with Crippen LogP contribution in [0.5, 0.6) is 11.5 Å². The van der Waals surface area contributed by atoms with E-state index in [0.29, 0.717) is 17.1 Å². The number of hydrogen-bond acceptors (Lipinski definition) is 4. The average Bonchev–Trinajstić information content (AvgIpc) is 2.82. The molecular weight excluding hydrogens is 238 g/mol. The third kappa shape index (κ3) is 2.53. The molecule has 0 saturated carbocycles. The van der Waals surface area contributed by atoms with Crippen LogP contribution >= 0.6 is 0 Å². The van der Waals surface area contributed by atoms with E-state index in [9.17, 15) is 9.59 Å². The van der Waals surface area contributed by atoms with Crippen molar-refractivity contribution in [3.8, 4) is 11.5 Å². The molecule has 0 aliphatic carbocycles. The molecule has 18 heavy (non-hydrogen) atoms. The number of amides is 1. The highest BCUT2D eigenvalue weighted by atomic mass is 16.7. The number of fused-ring (bicyclic) bond motifs is 1. The van der Waals surface area contributed by atoms with E-state index < -0.39 is 11.9 Å². The summed E-state index contributed by atoms with van der Waals surface area (Å²) in [6.45, 7) is 1.77. The Hall–Kier alpha value is -2.24. The minimum atomic E-state index is -0.944.